The number of carbonyl (C=O) groups is 1. The molecule has 0 radical (unpaired) electrons. The van der Waals surface area contributed by atoms with Crippen molar-refractivity contribution in [1.29, 1.82) is 0 Å². The van der Waals surface area contributed by atoms with E-state index in [1.807, 2.05) is 31.8 Å². The molecule has 2 unspecified atom stereocenters. The number of carbonyl (C=O) groups excluding carboxylic acids is 1. The lowest BCUT2D eigenvalue weighted by Gasteiger charge is -2.24. The van der Waals surface area contributed by atoms with Crippen molar-refractivity contribution in [3.63, 3.8) is 0 Å². The molecule has 1 aromatic rings. The van der Waals surface area contributed by atoms with Gasteiger partial charge in [0.2, 0.25) is 5.91 Å². The molecule has 0 spiro atoms. The van der Waals surface area contributed by atoms with E-state index in [2.05, 4.69) is 15.7 Å². The Morgan fingerprint density at radius 1 is 1.67 bits per heavy atom. The van der Waals surface area contributed by atoms with Gasteiger partial charge in [0, 0.05) is 24.8 Å². The van der Waals surface area contributed by atoms with Crippen LogP contribution in [0.4, 0.5) is 0 Å². The Morgan fingerprint density at radius 3 is 3.00 bits per heavy atom. The van der Waals surface area contributed by atoms with Gasteiger partial charge in [0.25, 0.3) is 0 Å². The first-order valence-electron chi connectivity index (χ1n) is 6.59. The molecule has 0 saturated carbocycles. The minimum Gasteiger partial charge on any atom is -0.349 e. The van der Waals surface area contributed by atoms with Gasteiger partial charge in [0.1, 0.15) is 0 Å². The van der Waals surface area contributed by atoms with Crippen molar-refractivity contribution in [1.82, 2.24) is 20.4 Å². The zero-order chi connectivity index (χ0) is 13.1. The Labute approximate surface area is 108 Å². The highest BCUT2D eigenvalue weighted by Gasteiger charge is 2.23. The number of hydrogen-bond donors (Lipinski definition) is 2. The molecule has 2 N–H and O–H groups in total. The molecule has 5 heteroatoms. The molecule has 0 aliphatic carbocycles. The summed E-state index contributed by atoms with van der Waals surface area (Å²) in [4.78, 5) is 12.1. The van der Waals surface area contributed by atoms with Crippen LogP contribution >= 0.6 is 0 Å². The van der Waals surface area contributed by atoms with Gasteiger partial charge in [-0.3, -0.25) is 9.48 Å². The van der Waals surface area contributed by atoms with Gasteiger partial charge in [0.05, 0.1) is 18.2 Å². The first-order valence-corrected chi connectivity index (χ1v) is 6.59. The van der Waals surface area contributed by atoms with Crippen molar-refractivity contribution in [3.8, 4) is 0 Å². The highest BCUT2D eigenvalue weighted by molar-refractivity contribution is 5.79. The van der Waals surface area contributed by atoms with E-state index in [0.717, 1.165) is 37.2 Å². The minimum atomic E-state index is 0.0214. The number of hydrogen-bond acceptors (Lipinski definition) is 3. The van der Waals surface area contributed by atoms with Crippen LogP contribution in [0.2, 0.25) is 0 Å². The second-order valence-electron chi connectivity index (χ2n) is 5.08. The average Bonchev–Trinajstić information content (AvgIpc) is 2.71. The van der Waals surface area contributed by atoms with Crippen LogP contribution in [0.3, 0.4) is 0 Å². The number of aromatic nitrogens is 2. The normalized spacial score (nSPS) is 21.6. The first kappa shape index (κ1) is 13.1. The van der Waals surface area contributed by atoms with Crippen molar-refractivity contribution < 1.29 is 4.79 Å². The van der Waals surface area contributed by atoms with Crippen molar-refractivity contribution in [3.05, 3.63) is 17.5 Å². The molecule has 2 rings (SSSR count). The maximum atomic E-state index is 12.1. The summed E-state index contributed by atoms with van der Waals surface area (Å²) in [6.45, 7) is 5.86. The Kier molecular flexibility index (Phi) is 4.01. The highest BCUT2D eigenvalue weighted by Crippen LogP contribution is 2.18. The van der Waals surface area contributed by atoms with Crippen LogP contribution in [-0.4, -0.2) is 28.8 Å². The smallest absolute Gasteiger partial charge is 0.224 e. The van der Waals surface area contributed by atoms with Crippen LogP contribution in [0.25, 0.3) is 0 Å². The van der Waals surface area contributed by atoms with E-state index >= 15 is 0 Å². The summed E-state index contributed by atoms with van der Waals surface area (Å²) >= 11 is 0. The van der Waals surface area contributed by atoms with E-state index in [1.54, 1.807) is 0 Å². The third-order valence-corrected chi connectivity index (χ3v) is 3.77. The number of nitrogens with zero attached hydrogens (tertiary/aromatic N) is 2. The molecular formula is C13H22N4O. The number of rotatable bonds is 3. The molecule has 0 aromatic carbocycles. The summed E-state index contributed by atoms with van der Waals surface area (Å²) < 4.78 is 1.83. The van der Waals surface area contributed by atoms with Crippen LogP contribution in [0.1, 0.15) is 37.1 Å². The highest BCUT2D eigenvalue weighted by atomic mass is 16.2. The van der Waals surface area contributed by atoms with E-state index in [9.17, 15) is 4.79 Å². The van der Waals surface area contributed by atoms with Gasteiger partial charge < -0.3 is 10.6 Å². The third kappa shape index (κ3) is 2.72. The molecule has 2 atom stereocenters. The average molecular weight is 250 g/mol. The summed E-state index contributed by atoms with van der Waals surface area (Å²) in [6.07, 6.45) is 3.90. The van der Waals surface area contributed by atoms with Crippen molar-refractivity contribution in [2.75, 3.05) is 13.1 Å². The number of aryl methyl sites for hydroxylation is 1. The van der Waals surface area contributed by atoms with Gasteiger partial charge in [0.15, 0.2) is 0 Å². The summed E-state index contributed by atoms with van der Waals surface area (Å²) in [5, 5.41) is 10.6. The molecule has 1 amide bonds. The minimum absolute atomic E-state index is 0.0214. The van der Waals surface area contributed by atoms with Crippen molar-refractivity contribution in [2.45, 2.75) is 32.7 Å². The molecule has 5 nitrogen and oxygen atoms in total. The predicted octanol–water partition coefficient (Wildman–Crippen LogP) is 0.905. The van der Waals surface area contributed by atoms with Crippen LogP contribution in [0, 0.1) is 12.8 Å². The first-order chi connectivity index (χ1) is 8.59. The Balaban J connectivity index is 1.96. The molecule has 1 aromatic heterocycles. The Morgan fingerprint density at radius 2 is 2.44 bits per heavy atom. The lowest BCUT2D eigenvalue weighted by molar-refractivity contribution is -0.126. The van der Waals surface area contributed by atoms with Crippen molar-refractivity contribution >= 4 is 5.91 Å². The van der Waals surface area contributed by atoms with E-state index in [4.69, 9.17) is 0 Å². The van der Waals surface area contributed by atoms with Gasteiger partial charge in [-0.2, -0.15) is 5.10 Å². The number of nitrogens with one attached hydrogen (secondary N) is 2. The molecule has 1 aliphatic heterocycles. The van der Waals surface area contributed by atoms with Gasteiger partial charge in [-0.1, -0.05) is 0 Å². The summed E-state index contributed by atoms with van der Waals surface area (Å²) in [5.41, 5.74) is 2.19. The largest absolute Gasteiger partial charge is 0.349 e. The van der Waals surface area contributed by atoms with Gasteiger partial charge >= 0.3 is 0 Å². The predicted molar refractivity (Wildman–Crippen MR) is 70.1 cm³/mol. The van der Waals surface area contributed by atoms with E-state index in [0.29, 0.717) is 0 Å². The zero-order valence-electron chi connectivity index (χ0n) is 11.4. The fourth-order valence-corrected chi connectivity index (χ4v) is 2.43. The molecule has 2 heterocycles. The quantitative estimate of drug-likeness (QED) is 0.838. The molecule has 1 aliphatic rings. The summed E-state index contributed by atoms with van der Waals surface area (Å²) in [7, 11) is 1.92. The van der Waals surface area contributed by atoms with Crippen LogP contribution < -0.4 is 10.6 Å². The SMILES string of the molecule is Cc1c(C(C)NC(=O)C2CCCNC2)cnn1C. The number of amides is 1. The molecule has 1 saturated heterocycles. The molecule has 1 fully saturated rings. The second kappa shape index (κ2) is 5.52. The third-order valence-electron chi connectivity index (χ3n) is 3.77. The maximum absolute atomic E-state index is 12.1. The molecule has 18 heavy (non-hydrogen) atoms. The van der Waals surface area contributed by atoms with Crippen LogP contribution in [0.5, 0.6) is 0 Å². The maximum Gasteiger partial charge on any atom is 0.224 e. The fourth-order valence-electron chi connectivity index (χ4n) is 2.43. The van der Waals surface area contributed by atoms with Crippen LogP contribution in [-0.2, 0) is 11.8 Å². The summed E-state index contributed by atoms with van der Waals surface area (Å²) in [5.74, 6) is 0.260. The fraction of sp³-hybridized carbons (Fsp3) is 0.692. The second-order valence-corrected chi connectivity index (χ2v) is 5.08. The zero-order valence-corrected chi connectivity index (χ0v) is 11.4. The molecule has 0 bridgehead atoms. The van der Waals surface area contributed by atoms with E-state index in [-0.39, 0.29) is 17.9 Å². The van der Waals surface area contributed by atoms with E-state index < -0.39 is 0 Å². The van der Waals surface area contributed by atoms with Gasteiger partial charge in [-0.05, 0) is 33.2 Å². The molecular weight excluding hydrogens is 228 g/mol. The van der Waals surface area contributed by atoms with Crippen LogP contribution in [0.15, 0.2) is 6.20 Å². The Bertz CT molecular complexity index is 421. The van der Waals surface area contributed by atoms with Crippen molar-refractivity contribution in [2.24, 2.45) is 13.0 Å². The lowest BCUT2D eigenvalue weighted by atomic mass is 9.98. The van der Waals surface area contributed by atoms with E-state index in [1.165, 1.54) is 0 Å². The number of piperidine rings is 1. The lowest BCUT2D eigenvalue weighted by Crippen LogP contribution is -2.41. The van der Waals surface area contributed by atoms with Gasteiger partial charge in [-0.25, -0.2) is 0 Å². The topological polar surface area (TPSA) is 59.0 Å². The summed E-state index contributed by atoms with van der Waals surface area (Å²) in [6, 6.07) is 0.0214. The monoisotopic (exact) mass is 250 g/mol. The molecule has 100 valence electrons. The standard InChI is InChI=1S/C13H22N4O/c1-9(12-8-15-17(3)10(12)2)16-13(18)11-5-4-6-14-7-11/h8-9,11,14H,4-7H2,1-3H3,(H,16,18). The Hall–Kier alpha value is -1.36. The van der Waals surface area contributed by atoms with Gasteiger partial charge in [-0.15, -0.1) is 0 Å².